The van der Waals surface area contributed by atoms with Crippen molar-refractivity contribution in [2.75, 3.05) is 6.54 Å². The number of hydrogen-bond acceptors (Lipinski definition) is 4. The van der Waals surface area contributed by atoms with Crippen molar-refractivity contribution in [3.05, 3.63) is 0 Å². The molecule has 16 heavy (non-hydrogen) atoms. The molecule has 0 spiro atoms. The highest BCUT2D eigenvalue weighted by Crippen LogP contribution is 1.92. The number of rotatable bonds is 6. The maximum atomic E-state index is 11.1. The quantitative estimate of drug-likeness (QED) is 0.425. The summed E-state index contributed by atoms with van der Waals surface area (Å²) >= 11 is 0. The van der Waals surface area contributed by atoms with E-state index in [2.05, 4.69) is 5.32 Å². The minimum Gasteiger partial charge on any atom is -0.481 e. The lowest BCUT2D eigenvalue weighted by Gasteiger charge is -2.12. The molecule has 0 bridgehead atoms. The van der Waals surface area contributed by atoms with E-state index >= 15 is 0 Å². The normalized spacial score (nSPS) is 11.3. The van der Waals surface area contributed by atoms with Gasteiger partial charge < -0.3 is 20.8 Å². The zero-order chi connectivity index (χ0) is 12.7. The summed E-state index contributed by atoms with van der Waals surface area (Å²) in [6.07, 6.45) is -0.721. The summed E-state index contributed by atoms with van der Waals surface area (Å²) in [7, 11) is 0. The van der Waals surface area contributed by atoms with E-state index in [0.717, 1.165) is 0 Å². The summed E-state index contributed by atoms with van der Waals surface area (Å²) in [6, 6.07) is -1.50. The van der Waals surface area contributed by atoms with E-state index in [1.165, 1.54) is 6.92 Å². The van der Waals surface area contributed by atoms with Crippen LogP contribution in [0.3, 0.4) is 0 Å². The minimum absolute atomic E-state index is 0.390. The maximum Gasteiger partial charge on any atom is 0.326 e. The average Bonchev–Trinajstić information content (AvgIpc) is 2.12. The molecule has 1 atom stereocenters. The summed E-state index contributed by atoms with van der Waals surface area (Å²) in [5.74, 6) is -3.99. The lowest BCUT2D eigenvalue weighted by molar-refractivity contribution is -0.147. The number of hydrogen-bond donors (Lipinski definition) is 4. The number of carboxylic acids is 2. The maximum absolute atomic E-state index is 11.1. The van der Waals surface area contributed by atoms with Crippen LogP contribution in [-0.2, 0) is 19.2 Å². The second-order valence-electron chi connectivity index (χ2n) is 2.97. The van der Waals surface area contributed by atoms with Crippen LogP contribution in [0.25, 0.3) is 0 Å². The van der Waals surface area contributed by atoms with E-state index in [9.17, 15) is 19.2 Å². The Morgan fingerprint density at radius 1 is 1.19 bits per heavy atom. The molecule has 4 N–H and O–H groups in total. The van der Waals surface area contributed by atoms with E-state index in [-0.39, 0.29) is 0 Å². The summed E-state index contributed by atoms with van der Waals surface area (Å²) < 4.78 is 0. The first-order chi connectivity index (χ1) is 7.32. The summed E-state index contributed by atoms with van der Waals surface area (Å²) in [5, 5.41) is 21.1. The molecule has 0 aliphatic carbocycles. The van der Waals surface area contributed by atoms with Crippen LogP contribution < -0.4 is 10.6 Å². The Bertz CT molecular complexity index is 314. The first-order valence-electron chi connectivity index (χ1n) is 4.31. The first kappa shape index (κ1) is 13.9. The van der Waals surface area contributed by atoms with Gasteiger partial charge in [0.15, 0.2) is 0 Å². The molecule has 0 aromatic carbocycles. The molecule has 0 radical (unpaired) electrons. The molecule has 2 amide bonds. The van der Waals surface area contributed by atoms with Gasteiger partial charge >= 0.3 is 11.9 Å². The standard InChI is InChI=1S/C8H12N2O6/c1-4(11)9-3-6(12)10-5(8(15)16)2-7(13)14/h5H,2-3H2,1H3,(H,9,11)(H,10,12)(H,13,14)(H,15,16)/t5-/m1/s1. The third-order valence-electron chi connectivity index (χ3n) is 1.51. The van der Waals surface area contributed by atoms with Gasteiger partial charge in [0, 0.05) is 6.92 Å². The molecule has 0 fully saturated rings. The van der Waals surface area contributed by atoms with Gasteiger partial charge in [0.1, 0.15) is 6.04 Å². The Labute approximate surface area is 90.6 Å². The average molecular weight is 232 g/mol. The van der Waals surface area contributed by atoms with Crippen molar-refractivity contribution in [3.8, 4) is 0 Å². The lowest BCUT2D eigenvalue weighted by Crippen LogP contribution is -2.46. The van der Waals surface area contributed by atoms with Crippen LogP contribution in [0.5, 0.6) is 0 Å². The fourth-order valence-corrected chi connectivity index (χ4v) is 0.825. The molecule has 90 valence electrons. The smallest absolute Gasteiger partial charge is 0.326 e. The molecule has 0 aliphatic rings. The van der Waals surface area contributed by atoms with Crippen LogP contribution >= 0.6 is 0 Å². The number of nitrogens with one attached hydrogen (secondary N) is 2. The van der Waals surface area contributed by atoms with E-state index in [1.54, 1.807) is 0 Å². The Kier molecular flexibility index (Phi) is 5.53. The number of carbonyl (C=O) groups excluding carboxylic acids is 2. The van der Waals surface area contributed by atoms with Crippen LogP contribution in [-0.4, -0.2) is 46.6 Å². The third-order valence-corrected chi connectivity index (χ3v) is 1.51. The van der Waals surface area contributed by atoms with Crippen molar-refractivity contribution in [2.45, 2.75) is 19.4 Å². The van der Waals surface area contributed by atoms with Crippen molar-refractivity contribution in [2.24, 2.45) is 0 Å². The van der Waals surface area contributed by atoms with Gasteiger partial charge in [-0.1, -0.05) is 0 Å². The van der Waals surface area contributed by atoms with Gasteiger partial charge in [-0.15, -0.1) is 0 Å². The summed E-state index contributed by atoms with van der Waals surface area (Å²) in [6.45, 7) is 0.804. The van der Waals surface area contributed by atoms with Gasteiger partial charge in [0.2, 0.25) is 11.8 Å². The molecule has 0 aliphatic heterocycles. The van der Waals surface area contributed by atoms with Gasteiger partial charge in [-0.2, -0.15) is 0 Å². The Morgan fingerprint density at radius 2 is 1.75 bits per heavy atom. The molecule has 0 heterocycles. The zero-order valence-electron chi connectivity index (χ0n) is 8.52. The summed E-state index contributed by atoms with van der Waals surface area (Å²) in [5.41, 5.74) is 0. The molecule has 8 heteroatoms. The molecule has 8 nitrogen and oxygen atoms in total. The highest BCUT2D eigenvalue weighted by Gasteiger charge is 2.22. The largest absolute Gasteiger partial charge is 0.481 e. The minimum atomic E-state index is -1.50. The number of amides is 2. The van der Waals surface area contributed by atoms with E-state index in [1.807, 2.05) is 5.32 Å². The molecular weight excluding hydrogens is 220 g/mol. The van der Waals surface area contributed by atoms with Crippen LogP contribution in [0, 0.1) is 0 Å². The Morgan fingerprint density at radius 3 is 2.12 bits per heavy atom. The molecule has 0 saturated carbocycles. The number of aliphatic carboxylic acids is 2. The Hall–Kier alpha value is -2.12. The predicted molar refractivity (Wildman–Crippen MR) is 50.5 cm³/mol. The molecular formula is C8H12N2O6. The third kappa shape index (κ3) is 6.35. The fourth-order valence-electron chi connectivity index (χ4n) is 0.825. The second kappa shape index (κ2) is 6.38. The van der Waals surface area contributed by atoms with E-state index in [0.29, 0.717) is 0 Å². The van der Waals surface area contributed by atoms with Crippen LogP contribution in [0.15, 0.2) is 0 Å². The zero-order valence-corrected chi connectivity index (χ0v) is 8.52. The van der Waals surface area contributed by atoms with Gasteiger partial charge in [-0.05, 0) is 0 Å². The van der Waals surface area contributed by atoms with Gasteiger partial charge in [0.05, 0.1) is 13.0 Å². The first-order valence-corrected chi connectivity index (χ1v) is 4.31. The highest BCUT2D eigenvalue weighted by atomic mass is 16.4. The molecule has 0 aromatic rings. The van der Waals surface area contributed by atoms with Crippen LogP contribution in [0.4, 0.5) is 0 Å². The van der Waals surface area contributed by atoms with Crippen molar-refractivity contribution < 1.29 is 29.4 Å². The molecule has 0 rings (SSSR count). The van der Waals surface area contributed by atoms with Gasteiger partial charge in [-0.25, -0.2) is 4.79 Å². The number of carbonyl (C=O) groups is 4. The second-order valence-corrected chi connectivity index (χ2v) is 2.97. The van der Waals surface area contributed by atoms with Crippen molar-refractivity contribution >= 4 is 23.8 Å². The van der Waals surface area contributed by atoms with Gasteiger partial charge in [0.25, 0.3) is 0 Å². The van der Waals surface area contributed by atoms with Crippen molar-refractivity contribution in [1.82, 2.24) is 10.6 Å². The molecule has 0 aromatic heterocycles. The summed E-state index contributed by atoms with van der Waals surface area (Å²) in [4.78, 5) is 42.3. The van der Waals surface area contributed by atoms with E-state index < -0.39 is 42.8 Å². The SMILES string of the molecule is CC(=O)NCC(=O)N[C@H](CC(=O)O)C(=O)O. The topological polar surface area (TPSA) is 133 Å². The molecule has 0 saturated heterocycles. The Balaban J connectivity index is 4.18. The highest BCUT2D eigenvalue weighted by molar-refractivity contribution is 5.89. The number of carboxylic acid groups (broad SMARTS) is 2. The monoisotopic (exact) mass is 232 g/mol. The van der Waals surface area contributed by atoms with Crippen molar-refractivity contribution in [1.29, 1.82) is 0 Å². The van der Waals surface area contributed by atoms with Crippen LogP contribution in [0.2, 0.25) is 0 Å². The lowest BCUT2D eigenvalue weighted by atomic mass is 10.2. The fraction of sp³-hybridized carbons (Fsp3) is 0.500. The molecule has 0 unspecified atom stereocenters. The van der Waals surface area contributed by atoms with Crippen molar-refractivity contribution in [3.63, 3.8) is 0 Å². The van der Waals surface area contributed by atoms with E-state index in [4.69, 9.17) is 10.2 Å². The van der Waals surface area contributed by atoms with Gasteiger partial charge in [-0.3, -0.25) is 14.4 Å². The van der Waals surface area contributed by atoms with Crippen LogP contribution in [0.1, 0.15) is 13.3 Å². The predicted octanol–water partition coefficient (Wildman–Crippen LogP) is -1.83.